The first-order valence-corrected chi connectivity index (χ1v) is 12.2. The zero-order chi connectivity index (χ0) is 27.2. The molecule has 4 aromatic rings. The van der Waals surface area contributed by atoms with Crippen LogP contribution in [0.2, 0.25) is 10.0 Å². The van der Waals surface area contributed by atoms with Crippen LogP contribution in [0.15, 0.2) is 66.7 Å². The molecule has 0 saturated heterocycles. The standard InChI is InChI=1S/C27H24Cl2N4O5/c1-37-23-9-6-16(12-24(23)38-2)10-11-30-26(35)27(36)32-33-21-8-7-19(29)13-17(21)14-22(33)25(34)31-20-5-3-4-18(28)15-20/h3-9,12-15H,10-11H2,1-2H3,(H,30,35)(H,31,34)(H,32,36). The molecule has 4 rings (SSSR count). The van der Waals surface area contributed by atoms with Gasteiger partial charge < -0.3 is 20.1 Å². The molecule has 3 aromatic carbocycles. The van der Waals surface area contributed by atoms with Gasteiger partial charge in [-0.2, -0.15) is 0 Å². The van der Waals surface area contributed by atoms with Crippen LogP contribution in [0.4, 0.5) is 5.69 Å². The lowest BCUT2D eigenvalue weighted by Gasteiger charge is -2.13. The van der Waals surface area contributed by atoms with Crippen molar-refractivity contribution in [1.82, 2.24) is 9.99 Å². The van der Waals surface area contributed by atoms with Crippen molar-refractivity contribution in [2.45, 2.75) is 6.42 Å². The molecule has 0 fully saturated rings. The molecule has 0 bridgehead atoms. The van der Waals surface area contributed by atoms with E-state index in [0.29, 0.717) is 44.6 Å². The fourth-order valence-corrected chi connectivity index (χ4v) is 4.20. The number of hydrogen-bond donors (Lipinski definition) is 3. The second kappa shape index (κ2) is 11.9. The van der Waals surface area contributed by atoms with Gasteiger partial charge in [0.2, 0.25) is 0 Å². The Hall–Kier alpha value is -4.21. The fraction of sp³-hybridized carbons (Fsp3) is 0.148. The van der Waals surface area contributed by atoms with Gasteiger partial charge in [0.05, 0.1) is 19.7 Å². The van der Waals surface area contributed by atoms with Crippen molar-refractivity contribution in [3.05, 3.63) is 88.0 Å². The molecule has 9 nitrogen and oxygen atoms in total. The number of fused-ring (bicyclic) bond motifs is 1. The topological polar surface area (TPSA) is 111 Å². The summed E-state index contributed by atoms with van der Waals surface area (Å²) in [5.41, 5.74) is 4.44. The predicted molar refractivity (Wildman–Crippen MR) is 147 cm³/mol. The van der Waals surface area contributed by atoms with Gasteiger partial charge in [0.1, 0.15) is 5.69 Å². The molecule has 11 heteroatoms. The van der Waals surface area contributed by atoms with E-state index in [1.165, 1.54) is 11.8 Å². The minimum absolute atomic E-state index is 0.0914. The second-order valence-corrected chi connectivity index (χ2v) is 9.04. The maximum Gasteiger partial charge on any atom is 0.328 e. The number of benzene rings is 3. The maximum absolute atomic E-state index is 13.1. The van der Waals surface area contributed by atoms with Gasteiger partial charge >= 0.3 is 11.8 Å². The van der Waals surface area contributed by atoms with Gasteiger partial charge in [-0.3, -0.25) is 19.8 Å². The summed E-state index contributed by atoms with van der Waals surface area (Å²) in [6, 6.07) is 18.5. The van der Waals surface area contributed by atoms with Gasteiger partial charge in [-0.25, -0.2) is 4.68 Å². The number of nitrogens with zero attached hydrogens (tertiary/aromatic N) is 1. The smallest absolute Gasteiger partial charge is 0.328 e. The zero-order valence-corrected chi connectivity index (χ0v) is 22.0. The largest absolute Gasteiger partial charge is 0.493 e. The number of nitrogens with one attached hydrogen (secondary N) is 3. The summed E-state index contributed by atoms with van der Waals surface area (Å²) in [7, 11) is 3.08. The van der Waals surface area contributed by atoms with Crippen molar-refractivity contribution in [2.24, 2.45) is 0 Å². The monoisotopic (exact) mass is 554 g/mol. The third-order valence-corrected chi connectivity index (χ3v) is 6.12. The van der Waals surface area contributed by atoms with Crippen LogP contribution in [-0.2, 0) is 16.0 Å². The molecule has 0 spiro atoms. The van der Waals surface area contributed by atoms with E-state index in [-0.39, 0.29) is 12.2 Å². The summed E-state index contributed by atoms with van der Waals surface area (Å²) in [6.07, 6.45) is 0.456. The van der Waals surface area contributed by atoms with E-state index in [4.69, 9.17) is 32.7 Å². The summed E-state index contributed by atoms with van der Waals surface area (Å²) >= 11 is 12.1. The summed E-state index contributed by atoms with van der Waals surface area (Å²) < 4.78 is 11.8. The molecule has 0 unspecified atom stereocenters. The van der Waals surface area contributed by atoms with Gasteiger partial charge in [-0.05, 0) is 66.6 Å². The molecule has 0 aliphatic rings. The lowest BCUT2D eigenvalue weighted by molar-refractivity contribution is -0.136. The highest BCUT2D eigenvalue weighted by atomic mass is 35.5. The van der Waals surface area contributed by atoms with E-state index >= 15 is 0 Å². The molecule has 1 aromatic heterocycles. The fourth-order valence-electron chi connectivity index (χ4n) is 3.82. The summed E-state index contributed by atoms with van der Waals surface area (Å²) in [4.78, 5) is 38.4. The summed E-state index contributed by atoms with van der Waals surface area (Å²) in [5.74, 6) is -1.16. The molecule has 0 aliphatic carbocycles. The Morgan fingerprint density at radius 3 is 2.34 bits per heavy atom. The molecule has 3 amide bonds. The molecule has 0 aliphatic heterocycles. The normalized spacial score (nSPS) is 10.6. The van der Waals surface area contributed by atoms with Crippen molar-refractivity contribution >= 4 is 57.5 Å². The Morgan fingerprint density at radius 2 is 1.61 bits per heavy atom. The number of anilines is 1. The Bertz CT molecular complexity index is 1520. The SMILES string of the molecule is COc1ccc(CCNC(=O)C(=O)Nn2c(C(=O)Nc3cccc(Cl)c3)cc3cc(Cl)ccc32)cc1OC. The first-order chi connectivity index (χ1) is 18.3. The quantitative estimate of drug-likeness (QED) is 0.274. The average molecular weight is 555 g/mol. The van der Waals surface area contributed by atoms with Crippen molar-refractivity contribution in [1.29, 1.82) is 0 Å². The first kappa shape index (κ1) is 26.8. The van der Waals surface area contributed by atoms with Crippen molar-refractivity contribution in [3.63, 3.8) is 0 Å². The highest BCUT2D eigenvalue weighted by Gasteiger charge is 2.21. The lowest BCUT2D eigenvalue weighted by atomic mass is 10.1. The zero-order valence-electron chi connectivity index (χ0n) is 20.5. The maximum atomic E-state index is 13.1. The molecule has 196 valence electrons. The number of rotatable bonds is 8. The van der Waals surface area contributed by atoms with Crippen molar-refractivity contribution in [2.75, 3.05) is 31.5 Å². The number of ether oxygens (including phenoxy) is 2. The van der Waals surface area contributed by atoms with E-state index in [2.05, 4.69) is 16.1 Å². The first-order valence-electron chi connectivity index (χ1n) is 11.5. The molecule has 0 saturated carbocycles. The Kier molecular flexibility index (Phi) is 8.40. The number of carbonyl (C=O) groups is 3. The van der Waals surface area contributed by atoms with Crippen LogP contribution in [0.3, 0.4) is 0 Å². The average Bonchev–Trinajstić information content (AvgIpc) is 3.25. The number of aromatic nitrogens is 1. The highest BCUT2D eigenvalue weighted by molar-refractivity contribution is 6.38. The van der Waals surface area contributed by atoms with Gasteiger partial charge in [-0.15, -0.1) is 0 Å². The van der Waals surface area contributed by atoms with Crippen LogP contribution in [0, 0.1) is 0 Å². The van der Waals surface area contributed by atoms with E-state index < -0.39 is 17.7 Å². The van der Waals surface area contributed by atoms with Crippen LogP contribution in [0.5, 0.6) is 11.5 Å². The molecular weight excluding hydrogens is 531 g/mol. The Balaban J connectivity index is 1.47. The van der Waals surface area contributed by atoms with Gasteiger partial charge in [0.15, 0.2) is 11.5 Å². The number of amides is 3. The van der Waals surface area contributed by atoms with Crippen LogP contribution in [-0.4, -0.2) is 43.2 Å². The highest BCUT2D eigenvalue weighted by Crippen LogP contribution is 2.28. The van der Waals surface area contributed by atoms with Crippen LogP contribution in [0.25, 0.3) is 10.9 Å². The van der Waals surface area contributed by atoms with E-state index in [9.17, 15) is 14.4 Å². The Labute approximate surface area is 228 Å². The summed E-state index contributed by atoms with van der Waals surface area (Å²) in [6.45, 7) is 0.200. The second-order valence-electron chi connectivity index (χ2n) is 8.17. The number of hydrogen-bond acceptors (Lipinski definition) is 5. The molecule has 3 N–H and O–H groups in total. The van der Waals surface area contributed by atoms with Crippen LogP contribution in [0.1, 0.15) is 16.1 Å². The number of halogens is 2. The summed E-state index contributed by atoms with van der Waals surface area (Å²) in [5, 5.41) is 6.83. The third kappa shape index (κ3) is 6.19. The number of carbonyl (C=O) groups excluding carboxylic acids is 3. The predicted octanol–water partition coefficient (Wildman–Crippen LogP) is 4.65. The van der Waals surface area contributed by atoms with E-state index in [0.717, 1.165) is 5.56 Å². The molecule has 38 heavy (non-hydrogen) atoms. The van der Waals surface area contributed by atoms with Gasteiger partial charge in [0, 0.05) is 27.7 Å². The molecule has 0 radical (unpaired) electrons. The van der Waals surface area contributed by atoms with Gasteiger partial charge in [0.25, 0.3) is 5.91 Å². The van der Waals surface area contributed by atoms with Crippen LogP contribution >= 0.6 is 23.2 Å². The lowest BCUT2D eigenvalue weighted by Crippen LogP contribution is -2.40. The van der Waals surface area contributed by atoms with Gasteiger partial charge in [-0.1, -0.05) is 35.3 Å². The molecular formula is C27H24Cl2N4O5. The molecule has 0 atom stereocenters. The van der Waals surface area contributed by atoms with Crippen molar-refractivity contribution < 1.29 is 23.9 Å². The minimum Gasteiger partial charge on any atom is -0.493 e. The number of methoxy groups -OCH3 is 2. The van der Waals surface area contributed by atoms with E-state index in [1.54, 1.807) is 67.8 Å². The molecule has 1 heterocycles. The van der Waals surface area contributed by atoms with Crippen LogP contribution < -0.4 is 25.5 Å². The Morgan fingerprint density at radius 1 is 0.842 bits per heavy atom. The van der Waals surface area contributed by atoms with Crippen molar-refractivity contribution in [3.8, 4) is 11.5 Å². The third-order valence-electron chi connectivity index (χ3n) is 5.65. The minimum atomic E-state index is -0.943. The van der Waals surface area contributed by atoms with E-state index in [1.807, 2.05) is 6.07 Å².